The molecule has 0 aliphatic rings. The maximum Gasteiger partial charge on any atom is 0.276 e. The van der Waals surface area contributed by atoms with E-state index < -0.39 is 17.7 Å². The molecule has 8 nitrogen and oxygen atoms in total. The van der Waals surface area contributed by atoms with E-state index in [4.69, 9.17) is 15.2 Å². The zero-order valence-electron chi connectivity index (χ0n) is 17.5. The van der Waals surface area contributed by atoms with Crippen molar-refractivity contribution in [2.24, 2.45) is 5.73 Å². The molecule has 0 atom stereocenters. The monoisotopic (exact) mass is 433 g/mol. The van der Waals surface area contributed by atoms with Crippen molar-refractivity contribution in [2.75, 3.05) is 6.61 Å². The number of amides is 3. The Hall–Kier alpha value is -4.33. The summed E-state index contributed by atoms with van der Waals surface area (Å²) >= 11 is 0. The zero-order chi connectivity index (χ0) is 22.9. The first-order valence-electron chi connectivity index (χ1n) is 9.94. The number of benzene rings is 3. The van der Waals surface area contributed by atoms with Crippen molar-refractivity contribution in [3.05, 3.63) is 89.5 Å². The van der Waals surface area contributed by atoms with Gasteiger partial charge in [-0.3, -0.25) is 25.2 Å². The summed E-state index contributed by atoms with van der Waals surface area (Å²) < 4.78 is 11.2. The summed E-state index contributed by atoms with van der Waals surface area (Å²) in [6.45, 7) is 1.77. The fourth-order valence-corrected chi connectivity index (χ4v) is 2.81. The molecule has 4 N–H and O–H groups in total. The summed E-state index contributed by atoms with van der Waals surface area (Å²) in [7, 11) is 0. The van der Waals surface area contributed by atoms with E-state index >= 15 is 0 Å². The number of hydrazine groups is 1. The van der Waals surface area contributed by atoms with E-state index in [0.29, 0.717) is 28.4 Å². The van der Waals surface area contributed by atoms with Gasteiger partial charge in [0.15, 0.2) is 6.61 Å². The van der Waals surface area contributed by atoms with Gasteiger partial charge in [0, 0.05) is 11.1 Å². The van der Waals surface area contributed by atoms with Crippen LogP contribution in [0.25, 0.3) is 0 Å². The standard InChI is InChI=1S/C24H23N3O5/c1-2-16-5-3-4-6-21(16)31-15-22(28)26-27-24(30)18-9-13-20(14-10-18)32-19-11-7-17(8-12-19)23(25)29/h3-14H,2,15H2,1H3,(H2,25,29)(H,26,28)(H,27,30). The third kappa shape index (κ3) is 6.09. The third-order valence-corrected chi connectivity index (χ3v) is 4.52. The molecular weight excluding hydrogens is 410 g/mol. The predicted octanol–water partition coefficient (Wildman–Crippen LogP) is 2.98. The molecule has 8 heteroatoms. The highest BCUT2D eigenvalue weighted by molar-refractivity contribution is 5.95. The Morgan fingerprint density at radius 3 is 2.00 bits per heavy atom. The van der Waals surface area contributed by atoms with Gasteiger partial charge in [0.1, 0.15) is 17.2 Å². The molecule has 0 heterocycles. The van der Waals surface area contributed by atoms with Crippen molar-refractivity contribution in [1.82, 2.24) is 10.9 Å². The molecular formula is C24H23N3O5. The summed E-state index contributed by atoms with van der Waals surface area (Å²) in [6.07, 6.45) is 0.785. The van der Waals surface area contributed by atoms with E-state index in [1.165, 1.54) is 0 Å². The number of nitrogens with two attached hydrogens (primary N) is 1. The second-order valence-corrected chi connectivity index (χ2v) is 6.77. The molecule has 0 unspecified atom stereocenters. The summed E-state index contributed by atoms with van der Waals surface area (Å²) in [6, 6.07) is 20.2. The normalized spacial score (nSPS) is 10.2. The summed E-state index contributed by atoms with van der Waals surface area (Å²) in [5.74, 6) is 0.172. The highest BCUT2D eigenvalue weighted by Crippen LogP contribution is 2.22. The number of primary amides is 1. The van der Waals surface area contributed by atoms with Crippen LogP contribution >= 0.6 is 0 Å². The molecule has 0 fully saturated rings. The quantitative estimate of drug-likeness (QED) is 0.472. The van der Waals surface area contributed by atoms with Gasteiger partial charge in [0.05, 0.1) is 0 Å². The van der Waals surface area contributed by atoms with Crippen LogP contribution in [0.4, 0.5) is 0 Å². The lowest BCUT2D eigenvalue weighted by molar-refractivity contribution is -0.123. The number of carbonyl (C=O) groups excluding carboxylic acids is 3. The molecule has 3 rings (SSSR count). The van der Waals surface area contributed by atoms with E-state index in [0.717, 1.165) is 12.0 Å². The van der Waals surface area contributed by atoms with Gasteiger partial charge in [0.25, 0.3) is 11.8 Å². The maximum absolute atomic E-state index is 12.2. The van der Waals surface area contributed by atoms with Crippen LogP contribution < -0.4 is 26.1 Å². The second-order valence-electron chi connectivity index (χ2n) is 6.77. The molecule has 0 aromatic heterocycles. The number of hydrogen-bond acceptors (Lipinski definition) is 5. The third-order valence-electron chi connectivity index (χ3n) is 4.52. The predicted molar refractivity (Wildman–Crippen MR) is 118 cm³/mol. The van der Waals surface area contributed by atoms with E-state index in [1.54, 1.807) is 54.6 Å². The lowest BCUT2D eigenvalue weighted by Crippen LogP contribution is -2.43. The molecule has 3 amide bonds. The van der Waals surface area contributed by atoms with Crippen LogP contribution in [0, 0.1) is 0 Å². The lowest BCUT2D eigenvalue weighted by atomic mass is 10.1. The second kappa shape index (κ2) is 10.6. The lowest BCUT2D eigenvalue weighted by Gasteiger charge is -2.11. The summed E-state index contributed by atoms with van der Waals surface area (Å²) in [5.41, 5.74) is 11.6. The average Bonchev–Trinajstić information content (AvgIpc) is 2.82. The Bertz CT molecular complexity index is 1100. The topological polar surface area (TPSA) is 120 Å². The average molecular weight is 433 g/mol. The van der Waals surface area contributed by atoms with Crippen molar-refractivity contribution in [3.8, 4) is 17.2 Å². The number of nitrogens with one attached hydrogen (secondary N) is 2. The van der Waals surface area contributed by atoms with Gasteiger partial charge in [-0.15, -0.1) is 0 Å². The first kappa shape index (κ1) is 22.4. The highest BCUT2D eigenvalue weighted by Gasteiger charge is 2.10. The van der Waals surface area contributed by atoms with Gasteiger partial charge in [-0.05, 0) is 66.6 Å². The SMILES string of the molecule is CCc1ccccc1OCC(=O)NNC(=O)c1ccc(Oc2ccc(C(N)=O)cc2)cc1. The number of para-hydroxylation sites is 1. The molecule has 3 aromatic rings. The highest BCUT2D eigenvalue weighted by atomic mass is 16.5. The van der Waals surface area contributed by atoms with Crippen LogP contribution in [-0.4, -0.2) is 24.3 Å². The van der Waals surface area contributed by atoms with Crippen molar-refractivity contribution in [3.63, 3.8) is 0 Å². The fraction of sp³-hybridized carbons (Fsp3) is 0.125. The van der Waals surface area contributed by atoms with Gasteiger partial charge in [0.2, 0.25) is 5.91 Å². The van der Waals surface area contributed by atoms with Gasteiger partial charge in [-0.2, -0.15) is 0 Å². The Morgan fingerprint density at radius 1 is 0.812 bits per heavy atom. The molecule has 164 valence electrons. The van der Waals surface area contributed by atoms with Crippen molar-refractivity contribution < 1.29 is 23.9 Å². The van der Waals surface area contributed by atoms with Crippen LogP contribution in [0.3, 0.4) is 0 Å². The minimum Gasteiger partial charge on any atom is -0.483 e. The Balaban J connectivity index is 1.47. The molecule has 0 saturated heterocycles. The molecule has 0 aliphatic carbocycles. The number of carbonyl (C=O) groups is 3. The Morgan fingerprint density at radius 2 is 1.41 bits per heavy atom. The first-order chi connectivity index (χ1) is 15.5. The number of aryl methyl sites for hydroxylation is 1. The van der Waals surface area contributed by atoms with E-state index in [-0.39, 0.29) is 6.61 Å². The van der Waals surface area contributed by atoms with Crippen molar-refractivity contribution >= 4 is 17.7 Å². The fourth-order valence-electron chi connectivity index (χ4n) is 2.81. The summed E-state index contributed by atoms with van der Waals surface area (Å²) in [4.78, 5) is 35.3. The van der Waals surface area contributed by atoms with Crippen LogP contribution in [0.15, 0.2) is 72.8 Å². The number of hydrogen-bond donors (Lipinski definition) is 3. The number of ether oxygens (including phenoxy) is 2. The van der Waals surface area contributed by atoms with Gasteiger partial charge < -0.3 is 15.2 Å². The molecule has 3 aromatic carbocycles. The summed E-state index contributed by atoms with van der Waals surface area (Å²) in [5, 5.41) is 0. The van der Waals surface area contributed by atoms with Crippen LogP contribution in [0.5, 0.6) is 17.2 Å². The largest absolute Gasteiger partial charge is 0.483 e. The Labute approximate surface area is 185 Å². The van der Waals surface area contributed by atoms with E-state index in [1.807, 2.05) is 25.1 Å². The van der Waals surface area contributed by atoms with Gasteiger partial charge >= 0.3 is 0 Å². The van der Waals surface area contributed by atoms with Gasteiger partial charge in [-0.1, -0.05) is 25.1 Å². The van der Waals surface area contributed by atoms with Crippen LogP contribution in [-0.2, 0) is 11.2 Å². The van der Waals surface area contributed by atoms with E-state index in [2.05, 4.69) is 10.9 Å². The Kier molecular flexibility index (Phi) is 7.42. The smallest absolute Gasteiger partial charge is 0.276 e. The minimum absolute atomic E-state index is 0.224. The molecule has 0 aliphatic heterocycles. The first-order valence-corrected chi connectivity index (χ1v) is 9.94. The van der Waals surface area contributed by atoms with E-state index in [9.17, 15) is 14.4 Å². The molecule has 0 radical (unpaired) electrons. The van der Waals surface area contributed by atoms with Crippen molar-refractivity contribution in [1.29, 1.82) is 0 Å². The minimum atomic E-state index is -0.517. The van der Waals surface area contributed by atoms with Crippen LogP contribution in [0.2, 0.25) is 0 Å². The zero-order valence-corrected chi connectivity index (χ0v) is 17.5. The molecule has 32 heavy (non-hydrogen) atoms. The molecule has 0 bridgehead atoms. The molecule has 0 spiro atoms. The van der Waals surface area contributed by atoms with Gasteiger partial charge in [-0.25, -0.2) is 0 Å². The number of rotatable bonds is 8. The molecule has 0 saturated carbocycles. The van der Waals surface area contributed by atoms with Crippen molar-refractivity contribution in [2.45, 2.75) is 13.3 Å². The van der Waals surface area contributed by atoms with Crippen LogP contribution in [0.1, 0.15) is 33.2 Å². The maximum atomic E-state index is 12.2.